The van der Waals surface area contributed by atoms with Gasteiger partial charge in [-0.2, -0.15) is 0 Å². The van der Waals surface area contributed by atoms with Gasteiger partial charge in [-0.1, -0.05) is 58.3 Å². The zero-order valence-corrected chi connectivity index (χ0v) is 15.3. The predicted octanol–water partition coefficient (Wildman–Crippen LogP) is 5.76. The van der Waals surface area contributed by atoms with Crippen LogP contribution in [-0.4, -0.2) is 21.7 Å². The van der Waals surface area contributed by atoms with Crippen LogP contribution in [-0.2, 0) is 0 Å². The van der Waals surface area contributed by atoms with E-state index in [1.54, 1.807) is 36.7 Å². The summed E-state index contributed by atoms with van der Waals surface area (Å²) in [5.41, 5.74) is 0.878. The summed E-state index contributed by atoms with van der Waals surface area (Å²) >= 11 is 0. The molecule has 0 aliphatic carbocycles. The fourth-order valence-electron chi connectivity index (χ4n) is 2.75. The number of phenols is 1. The maximum absolute atomic E-state index is 9.31. The minimum Gasteiger partial charge on any atom is -0.508 e. The Morgan fingerprint density at radius 3 is 1.96 bits per heavy atom. The molecule has 0 spiro atoms. The lowest BCUT2D eigenvalue weighted by Gasteiger charge is -2.06. The lowest BCUT2D eigenvalue weighted by molar-refractivity contribution is 0.302. The standard InChI is InChI=1S/C21H30N2O2/c1-2-3-4-5-6-7-8-9-10-15-25-20-16-22-21(23-17-20)18-11-13-19(24)14-12-18/h11-14,16-17,24H,2-10,15H2,1H3. The van der Waals surface area contributed by atoms with E-state index in [-0.39, 0.29) is 5.75 Å². The molecule has 4 heteroatoms. The fourth-order valence-corrected chi connectivity index (χ4v) is 2.75. The molecular weight excluding hydrogens is 312 g/mol. The van der Waals surface area contributed by atoms with Crippen LogP contribution in [0.3, 0.4) is 0 Å². The van der Waals surface area contributed by atoms with Gasteiger partial charge in [0.15, 0.2) is 11.6 Å². The first-order valence-corrected chi connectivity index (χ1v) is 9.54. The van der Waals surface area contributed by atoms with Crippen molar-refractivity contribution in [2.75, 3.05) is 6.61 Å². The van der Waals surface area contributed by atoms with Crippen molar-refractivity contribution < 1.29 is 9.84 Å². The number of hydrogen-bond donors (Lipinski definition) is 1. The molecule has 0 atom stereocenters. The molecular formula is C21H30N2O2. The molecule has 0 amide bonds. The molecule has 4 nitrogen and oxygen atoms in total. The number of aromatic nitrogens is 2. The molecule has 0 saturated carbocycles. The summed E-state index contributed by atoms with van der Waals surface area (Å²) in [6.45, 7) is 2.98. The Morgan fingerprint density at radius 2 is 1.36 bits per heavy atom. The number of benzene rings is 1. The first-order valence-electron chi connectivity index (χ1n) is 9.54. The summed E-state index contributed by atoms with van der Waals surface area (Å²) in [4.78, 5) is 8.65. The molecule has 0 unspecified atom stereocenters. The van der Waals surface area contributed by atoms with Crippen LogP contribution in [0.5, 0.6) is 11.5 Å². The molecule has 1 heterocycles. The molecule has 0 aliphatic rings. The summed E-state index contributed by atoms with van der Waals surface area (Å²) in [5, 5.41) is 9.31. The number of unbranched alkanes of at least 4 members (excludes halogenated alkanes) is 8. The zero-order valence-electron chi connectivity index (χ0n) is 15.3. The third-order valence-corrected chi connectivity index (χ3v) is 4.27. The molecule has 136 valence electrons. The minimum atomic E-state index is 0.240. The number of phenolic OH excluding ortho intramolecular Hbond substituents is 1. The van der Waals surface area contributed by atoms with Crippen molar-refractivity contribution in [3.8, 4) is 22.9 Å². The van der Waals surface area contributed by atoms with E-state index < -0.39 is 0 Å². The van der Waals surface area contributed by atoms with Gasteiger partial charge in [0.1, 0.15) is 5.75 Å². The van der Waals surface area contributed by atoms with Gasteiger partial charge in [-0.05, 0) is 30.7 Å². The van der Waals surface area contributed by atoms with Crippen LogP contribution in [0.4, 0.5) is 0 Å². The average molecular weight is 342 g/mol. The molecule has 0 saturated heterocycles. The Bertz CT molecular complexity index is 582. The minimum absolute atomic E-state index is 0.240. The monoisotopic (exact) mass is 342 g/mol. The van der Waals surface area contributed by atoms with Gasteiger partial charge in [-0.3, -0.25) is 0 Å². The normalized spacial score (nSPS) is 10.8. The van der Waals surface area contributed by atoms with E-state index in [9.17, 15) is 5.11 Å². The Kier molecular flexibility index (Phi) is 8.81. The highest BCUT2D eigenvalue weighted by Crippen LogP contribution is 2.19. The molecule has 2 rings (SSSR count). The van der Waals surface area contributed by atoms with E-state index in [0.717, 1.165) is 18.6 Å². The summed E-state index contributed by atoms with van der Waals surface area (Å²) in [6.07, 6.45) is 15.2. The molecule has 2 aromatic rings. The highest BCUT2D eigenvalue weighted by Gasteiger charge is 2.02. The Hall–Kier alpha value is -2.10. The van der Waals surface area contributed by atoms with Crippen molar-refractivity contribution in [2.24, 2.45) is 0 Å². The second kappa shape index (κ2) is 11.5. The highest BCUT2D eigenvalue weighted by molar-refractivity contribution is 5.55. The van der Waals surface area contributed by atoms with Gasteiger partial charge in [-0.25, -0.2) is 9.97 Å². The largest absolute Gasteiger partial charge is 0.508 e. The predicted molar refractivity (Wildman–Crippen MR) is 102 cm³/mol. The van der Waals surface area contributed by atoms with Crippen LogP contribution in [0.2, 0.25) is 0 Å². The van der Waals surface area contributed by atoms with Crippen LogP contribution < -0.4 is 4.74 Å². The summed E-state index contributed by atoms with van der Waals surface area (Å²) in [6, 6.07) is 6.86. The van der Waals surface area contributed by atoms with Crippen molar-refractivity contribution >= 4 is 0 Å². The quantitative estimate of drug-likeness (QED) is 0.498. The molecule has 25 heavy (non-hydrogen) atoms. The smallest absolute Gasteiger partial charge is 0.159 e. The molecule has 0 aliphatic heterocycles. The first-order chi connectivity index (χ1) is 12.3. The molecule has 1 aromatic carbocycles. The molecule has 0 radical (unpaired) electrons. The van der Waals surface area contributed by atoms with E-state index in [1.165, 1.54) is 51.4 Å². The van der Waals surface area contributed by atoms with E-state index in [2.05, 4.69) is 16.9 Å². The van der Waals surface area contributed by atoms with Gasteiger partial charge in [0, 0.05) is 5.56 Å². The van der Waals surface area contributed by atoms with Crippen LogP contribution in [0.25, 0.3) is 11.4 Å². The number of hydrogen-bond acceptors (Lipinski definition) is 4. The molecule has 0 fully saturated rings. The van der Waals surface area contributed by atoms with Crippen molar-refractivity contribution in [2.45, 2.75) is 64.7 Å². The van der Waals surface area contributed by atoms with Crippen LogP contribution >= 0.6 is 0 Å². The van der Waals surface area contributed by atoms with E-state index >= 15 is 0 Å². The van der Waals surface area contributed by atoms with Gasteiger partial charge < -0.3 is 9.84 Å². The highest BCUT2D eigenvalue weighted by atomic mass is 16.5. The molecule has 1 N–H and O–H groups in total. The molecule has 0 bridgehead atoms. The van der Waals surface area contributed by atoms with Crippen LogP contribution in [0.1, 0.15) is 64.7 Å². The maximum atomic E-state index is 9.31. The van der Waals surface area contributed by atoms with Crippen molar-refractivity contribution in [3.63, 3.8) is 0 Å². The maximum Gasteiger partial charge on any atom is 0.159 e. The zero-order chi connectivity index (χ0) is 17.7. The lowest BCUT2D eigenvalue weighted by Crippen LogP contribution is -1.99. The van der Waals surface area contributed by atoms with Crippen molar-refractivity contribution in [1.29, 1.82) is 0 Å². The molecule has 1 aromatic heterocycles. The summed E-state index contributed by atoms with van der Waals surface area (Å²) < 4.78 is 5.71. The number of aromatic hydroxyl groups is 1. The van der Waals surface area contributed by atoms with Gasteiger partial charge >= 0.3 is 0 Å². The number of ether oxygens (including phenoxy) is 1. The van der Waals surface area contributed by atoms with Crippen molar-refractivity contribution in [3.05, 3.63) is 36.7 Å². The van der Waals surface area contributed by atoms with Crippen LogP contribution in [0.15, 0.2) is 36.7 Å². The third kappa shape index (κ3) is 7.55. The van der Waals surface area contributed by atoms with Gasteiger partial charge in [0.25, 0.3) is 0 Å². The Morgan fingerprint density at radius 1 is 0.800 bits per heavy atom. The Labute approximate surface area is 151 Å². The first kappa shape index (κ1) is 19.2. The number of nitrogens with zero attached hydrogens (tertiary/aromatic N) is 2. The topological polar surface area (TPSA) is 55.2 Å². The third-order valence-electron chi connectivity index (χ3n) is 4.27. The van der Waals surface area contributed by atoms with Gasteiger partial charge in [-0.15, -0.1) is 0 Å². The van der Waals surface area contributed by atoms with Crippen molar-refractivity contribution in [1.82, 2.24) is 9.97 Å². The second-order valence-electron chi connectivity index (χ2n) is 6.47. The van der Waals surface area contributed by atoms with E-state index in [1.807, 2.05) is 0 Å². The summed E-state index contributed by atoms with van der Waals surface area (Å²) in [7, 11) is 0. The fraction of sp³-hybridized carbons (Fsp3) is 0.524. The number of rotatable bonds is 12. The van der Waals surface area contributed by atoms with Gasteiger partial charge in [0.2, 0.25) is 0 Å². The second-order valence-corrected chi connectivity index (χ2v) is 6.47. The Balaban J connectivity index is 1.58. The average Bonchev–Trinajstić information content (AvgIpc) is 2.64. The van der Waals surface area contributed by atoms with E-state index in [0.29, 0.717) is 11.6 Å². The summed E-state index contributed by atoms with van der Waals surface area (Å²) in [5.74, 6) is 1.59. The lowest BCUT2D eigenvalue weighted by atomic mass is 10.1. The van der Waals surface area contributed by atoms with Gasteiger partial charge in [0.05, 0.1) is 19.0 Å². The van der Waals surface area contributed by atoms with E-state index in [4.69, 9.17) is 4.74 Å². The van der Waals surface area contributed by atoms with Crippen LogP contribution in [0, 0.1) is 0 Å². The SMILES string of the molecule is CCCCCCCCCCCOc1cnc(-c2ccc(O)cc2)nc1.